The molecule has 5 rings (SSSR count). The third kappa shape index (κ3) is 3.31. The van der Waals surface area contributed by atoms with E-state index in [9.17, 15) is 8.42 Å². The summed E-state index contributed by atoms with van der Waals surface area (Å²) in [6.45, 7) is 2.37. The van der Waals surface area contributed by atoms with E-state index in [1.54, 1.807) is 46.7 Å². The Balaban J connectivity index is 1.61. The molecule has 0 N–H and O–H groups in total. The molecule has 0 bridgehead atoms. The number of benzene rings is 2. The van der Waals surface area contributed by atoms with E-state index in [0.29, 0.717) is 11.4 Å². The Morgan fingerprint density at radius 1 is 1.00 bits per heavy atom. The summed E-state index contributed by atoms with van der Waals surface area (Å²) in [6.07, 6.45) is 3.48. The minimum atomic E-state index is -3.67. The molecule has 3 heterocycles. The molecule has 1 aliphatic rings. The molecule has 2 aromatic carbocycles. The van der Waals surface area contributed by atoms with E-state index in [1.807, 2.05) is 37.3 Å². The summed E-state index contributed by atoms with van der Waals surface area (Å²) in [4.78, 5) is 9.78. The Morgan fingerprint density at radius 3 is 2.66 bits per heavy atom. The second-order valence-corrected chi connectivity index (χ2v) is 10.9. The number of aromatic nitrogens is 2. The van der Waals surface area contributed by atoms with E-state index in [2.05, 4.69) is 9.97 Å². The van der Waals surface area contributed by atoms with E-state index in [-0.39, 0.29) is 0 Å². The predicted molar refractivity (Wildman–Crippen MR) is 119 cm³/mol. The van der Waals surface area contributed by atoms with Crippen LogP contribution in [0.1, 0.15) is 5.01 Å². The molecule has 2 aromatic heterocycles. The molecule has 0 radical (unpaired) electrons. The first-order chi connectivity index (χ1) is 14.0. The summed E-state index contributed by atoms with van der Waals surface area (Å²) in [7, 11) is -3.67. The highest BCUT2D eigenvalue weighted by Gasteiger charge is 2.30. The molecule has 0 saturated heterocycles. The van der Waals surface area contributed by atoms with Crippen LogP contribution in [0.2, 0.25) is 0 Å². The SMILES string of the molecule is Cc1nc2ccc(S(=O)(=O)N3CCSc4ccc(-c5ccncc5)cc43)cc2s1. The molecule has 1 aliphatic heterocycles. The van der Waals surface area contributed by atoms with Crippen molar-refractivity contribution in [3.63, 3.8) is 0 Å². The summed E-state index contributed by atoms with van der Waals surface area (Å²) in [5, 5.41) is 0.927. The summed E-state index contributed by atoms with van der Waals surface area (Å²) >= 11 is 3.20. The van der Waals surface area contributed by atoms with Crippen molar-refractivity contribution >= 4 is 49.0 Å². The standard InChI is InChI=1S/C21H17N3O2S3/c1-14-23-18-4-3-17(13-21(18)28-14)29(25,26)24-10-11-27-20-5-2-16(12-19(20)24)15-6-8-22-9-7-15/h2-9,12-13H,10-11H2,1H3. The van der Waals surface area contributed by atoms with Crippen LogP contribution in [-0.2, 0) is 10.0 Å². The Hall–Kier alpha value is -2.42. The lowest BCUT2D eigenvalue weighted by atomic mass is 10.1. The lowest BCUT2D eigenvalue weighted by molar-refractivity contribution is 0.591. The number of rotatable bonds is 3. The van der Waals surface area contributed by atoms with Gasteiger partial charge in [-0.3, -0.25) is 9.29 Å². The number of thioether (sulfide) groups is 1. The highest BCUT2D eigenvalue weighted by atomic mass is 32.2. The molecule has 146 valence electrons. The molecule has 0 amide bonds. The van der Waals surface area contributed by atoms with Gasteiger partial charge in [-0.2, -0.15) is 0 Å². The average Bonchev–Trinajstić information content (AvgIpc) is 3.12. The van der Waals surface area contributed by atoms with Gasteiger partial charge in [0.05, 0.1) is 25.8 Å². The number of pyridine rings is 1. The summed E-state index contributed by atoms with van der Waals surface area (Å²) < 4.78 is 29.5. The van der Waals surface area contributed by atoms with Crippen LogP contribution < -0.4 is 4.31 Å². The van der Waals surface area contributed by atoms with Crippen molar-refractivity contribution in [2.75, 3.05) is 16.6 Å². The summed E-state index contributed by atoms with van der Waals surface area (Å²) in [6, 6.07) is 15.0. The van der Waals surface area contributed by atoms with Gasteiger partial charge in [0.2, 0.25) is 0 Å². The van der Waals surface area contributed by atoms with Crippen molar-refractivity contribution in [1.29, 1.82) is 0 Å². The van der Waals surface area contributed by atoms with Gasteiger partial charge < -0.3 is 0 Å². The highest BCUT2D eigenvalue weighted by molar-refractivity contribution is 8.00. The van der Waals surface area contributed by atoms with Crippen molar-refractivity contribution < 1.29 is 8.42 Å². The fourth-order valence-electron chi connectivity index (χ4n) is 3.47. The van der Waals surface area contributed by atoms with Gasteiger partial charge in [0.15, 0.2) is 0 Å². The van der Waals surface area contributed by atoms with Crippen LogP contribution in [0.3, 0.4) is 0 Å². The molecule has 0 aliphatic carbocycles. The van der Waals surface area contributed by atoms with Crippen LogP contribution in [0.25, 0.3) is 21.3 Å². The molecular formula is C21H17N3O2S3. The van der Waals surface area contributed by atoms with Crippen LogP contribution >= 0.6 is 23.1 Å². The number of hydrogen-bond acceptors (Lipinski definition) is 6. The van der Waals surface area contributed by atoms with Crippen LogP contribution in [0.4, 0.5) is 5.69 Å². The summed E-state index contributed by atoms with van der Waals surface area (Å²) in [5.41, 5.74) is 3.55. The van der Waals surface area contributed by atoms with Gasteiger partial charge in [-0.15, -0.1) is 23.1 Å². The van der Waals surface area contributed by atoms with Gasteiger partial charge in [0, 0.05) is 29.6 Å². The molecular weight excluding hydrogens is 422 g/mol. The van der Waals surface area contributed by atoms with Crippen molar-refractivity contribution in [3.05, 3.63) is 65.9 Å². The Labute approximate surface area is 177 Å². The smallest absolute Gasteiger partial charge is 0.264 e. The maximum atomic E-state index is 13.5. The van der Waals surface area contributed by atoms with Crippen molar-refractivity contribution in [2.24, 2.45) is 0 Å². The number of hydrogen-bond donors (Lipinski definition) is 0. The number of aryl methyl sites for hydroxylation is 1. The largest absolute Gasteiger partial charge is 0.265 e. The maximum absolute atomic E-state index is 13.5. The van der Waals surface area contributed by atoms with Crippen LogP contribution in [0.15, 0.2) is 70.7 Å². The Morgan fingerprint density at radius 2 is 1.83 bits per heavy atom. The third-order valence-electron chi connectivity index (χ3n) is 4.85. The number of fused-ring (bicyclic) bond motifs is 2. The van der Waals surface area contributed by atoms with E-state index in [4.69, 9.17) is 0 Å². The maximum Gasteiger partial charge on any atom is 0.264 e. The number of anilines is 1. The van der Waals surface area contributed by atoms with E-state index >= 15 is 0 Å². The number of nitrogens with zero attached hydrogens (tertiary/aromatic N) is 3. The van der Waals surface area contributed by atoms with Gasteiger partial charge in [-0.05, 0) is 60.5 Å². The number of thiazole rings is 1. The van der Waals surface area contributed by atoms with Gasteiger partial charge in [0.25, 0.3) is 10.0 Å². The van der Waals surface area contributed by atoms with Gasteiger partial charge in [-0.25, -0.2) is 13.4 Å². The van der Waals surface area contributed by atoms with Crippen LogP contribution in [0.5, 0.6) is 0 Å². The minimum absolute atomic E-state index is 0.306. The lowest BCUT2D eigenvalue weighted by Gasteiger charge is -2.30. The monoisotopic (exact) mass is 439 g/mol. The quantitative estimate of drug-likeness (QED) is 0.451. The second-order valence-electron chi connectivity index (χ2n) is 6.71. The molecule has 0 atom stereocenters. The van der Waals surface area contributed by atoms with Gasteiger partial charge in [0.1, 0.15) is 0 Å². The third-order valence-corrected chi connectivity index (χ3v) is 8.63. The molecule has 0 fully saturated rings. The summed E-state index contributed by atoms with van der Waals surface area (Å²) in [5.74, 6) is 0.725. The molecule has 4 aromatic rings. The first kappa shape index (κ1) is 18.6. The molecule has 0 spiro atoms. The van der Waals surface area contributed by atoms with Gasteiger partial charge >= 0.3 is 0 Å². The zero-order valence-corrected chi connectivity index (χ0v) is 18.0. The van der Waals surface area contributed by atoms with Crippen molar-refractivity contribution in [1.82, 2.24) is 9.97 Å². The first-order valence-corrected chi connectivity index (χ1v) is 12.3. The van der Waals surface area contributed by atoms with E-state index in [1.165, 1.54) is 11.3 Å². The topological polar surface area (TPSA) is 63.2 Å². The normalized spacial score (nSPS) is 14.2. The molecule has 29 heavy (non-hydrogen) atoms. The number of sulfonamides is 1. The molecule has 0 unspecified atom stereocenters. The lowest BCUT2D eigenvalue weighted by Crippen LogP contribution is -2.35. The second kappa shape index (κ2) is 7.12. The zero-order valence-electron chi connectivity index (χ0n) is 15.6. The highest BCUT2D eigenvalue weighted by Crippen LogP contribution is 2.40. The minimum Gasteiger partial charge on any atom is -0.265 e. The zero-order chi connectivity index (χ0) is 20.0. The van der Waals surface area contributed by atoms with Crippen molar-refractivity contribution in [3.8, 4) is 11.1 Å². The van der Waals surface area contributed by atoms with Crippen molar-refractivity contribution in [2.45, 2.75) is 16.7 Å². The fourth-order valence-corrected chi connectivity index (χ4v) is 7.07. The Kier molecular flexibility index (Phi) is 4.57. The molecule has 8 heteroatoms. The molecule has 0 saturated carbocycles. The Bertz CT molecular complexity index is 1320. The average molecular weight is 440 g/mol. The first-order valence-electron chi connectivity index (χ1n) is 9.09. The van der Waals surface area contributed by atoms with Crippen LogP contribution in [0, 0.1) is 6.92 Å². The van der Waals surface area contributed by atoms with Crippen LogP contribution in [-0.4, -0.2) is 30.7 Å². The van der Waals surface area contributed by atoms with E-state index < -0.39 is 10.0 Å². The van der Waals surface area contributed by atoms with Gasteiger partial charge in [-0.1, -0.05) is 6.07 Å². The predicted octanol–water partition coefficient (Wildman–Crippen LogP) is 4.97. The molecule has 5 nitrogen and oxygen atoms in total. The van der Waals surface area contributed by atoms with E-state index in [0.717, 1.165) is 42.7 Å². The fraction of sp³-hybridized carbons (Fsp3) is 0.143.